The number of unbranched alkanes of at least 4 members (excludes halogenated alkanes) is 25. The van der Waals surface area contributed by atoms with Crippen LogP contribution in [0.5, 0.6) is 0 Å². The van der Waals surface area contributed by atoms with Crippen LogP contribution in [0, 0.1) is 0 Å². The molecule has 0 spiro atoms. The SMILES string of the molecule is CCCCC/C=C\C/C=C\C/C=C\C/C=C\CCCCCC(=O)OC1C(OCC(NC(=O)C(O)CCCCCCCC/C=C\C/C=C\CCCCC)C(O)/C=C/CCCCCCCCCCCC)OC(CO)C(O)C1O. The number of carbonyl (C=O) groups excluding carboxylic acids is 2. The molecule has 1 aliphatic rings. The monoisotopic (exact) mass is 1070 g/mol. The van der Waals surface area contributed by atoms with Crippen LogP contribution in [-0.4, -0.2) is 99.6 Å². The molecule has 11 nitrogen and oxygen atoms in total. The molecule has 6 N–H and O–H groups in total. The zero-order chi connectivity index (χ0) is 55.4. The summed E-state index contributed by atoms with van der Waals surface area (Å²) in [6.45, 7) is 5.71. The maximum Gasteiger partial charge on any atom is 0.306 e. The third-order valence-electron chi connectivity index (χ3n) is 14.0. The van der Waals surface area contributed by atoms with E-state index >= 15 is 0 Å². The molecule has 0 aromatic rings. The van der Waals surface area contributed by atoms with E-state index < -0.39 is 67.4 Å². The van der Waals surface area contributed by atoms with Crippen molar-refractivity contribution < 1.29 is 49.3 Å². The first kappa shape index (κ1) is 70.9. The van der Waals surface area contributed by atoms with Gasteiger partial charge in [0.15, 0.2) is 12.4 Å². The second kappa shape index (κ2) is 52.5. The van der Waals surface area contributed by atoms with Crippen molar-refractivity contribution in [3.63, 3.8) is 0 Å². The lowest BCUT2D eigenvalue weighted by atomic mass is 9.99. The van der Waals surface area contributed by atoms with E-state index in [9.17, 15) is 35.1 Å². The Hall–Kier alpha value is -3.16. The van der Waals surface area contributed by atoms with Gasteiger partial charge < -0.3 is 45.1 Å². The van der Waals surface area contributed by atoms with Crippen LogP contribution in [0.4, 0.5) is 0 Å². The molecule has 1 heterocycles. The van der Waals surface area contributed by atoms with Gasteiger partial charge in [-0.2, -0.15) is 0 Å². The zero-order valence-corrected chi connectivity index (χ0v) is 48.3. The number of carbonyl (C=O) groups is 2. The van der Waals surface area contributed by atoms with Gasteiger partial charge in [-0.1, -0.05) is 228 Å². The maximum absolute atomic E-state index is 13.4. The molecule has 1 saturated heterocycles. The van der Waals surface area contributed by atoms with Gasteiger partial charge in [0.1, 0.15) is 24.4 Å². The highest BCUT2D eigenvalue weighted by Crippen LogP contribution is 2.26. The van der Waals surface area contributed by atoms with Crippen LogP contribution in [0.2, 0.25) is 0 Å². The lowest BCUT2D eigenvalue weighted by molar-refractivity contribution is -0.305. The molecular formula is C65H113NO10. The van der Waals surface area contributed by atoms with Gasteiger partial charge in [-0.25, -0.2) is 0 Å². The average molecular weight is 1070 g/mol. The number of amides is 1. The van der Waals surface area contributed by atoms with E-state index in [4.69, 9.17) is 14.2 Å². The smallest absolute Gasteiger partial charge is 0.306 e. The molecule has 1 fully saturated rings. The van der Waals surface area contributed by atoms with Crippen molar-refractivity contribution in [2.75, 3.05) is 13.2 Å². The summed E-state index contributed by atoms with van der Waals surface area (Å²) in [5.74, 6) is -1.24. The van der Waals surface area contributed by atoms with Crippen LogP contribution in [0.1, 0.15) is 252 Å². The minimum absolute atomic E-state index is 0.0817. The van der Waals surface area contributed by atoms with Crippen molar-refractivity contribution in [3.05, 3.63) is 85.1 Å². The lowest BCUT2D eigenvalue weighted by Gasteiger charge is -2.41. The molecule has 438 valence electrons. The summed E-state index contributed by atoms with van der Waals surface area (Å²) < 4.78 is 17.6. The van der Waals surface area contributed by atoms with Gasteiger partial charge in [-0.15, -0.1) is 0 Å². The summed E-state index contributed by atoms with van der Waals surface area (Å²) in [5.41, 5.74) is 0. The Morgan fingerprint density at radius 1 is 0.513 bits per heavy atom. The van der Waals surface area contributed by atoms with E-state index in [1.807, 2.05) is 6.08 Å². The molecule has 0 radical (unpaired) electrons. The molecule has 11 heteroatoms. The fourth-order valence-corrected chi connectivity index (χ4v) is 9.08. The number of esters is 1. The molecule has 8 unspecified atom stereocenters. The third-order valence-corrected chi connectivity index (χ3v) is 14.0. The second-order valence-corrected chi connectivity index (χ2v) is 21.1. The summed E-state index contributed by atoms with van der Waals surface area (Å²) >= 11 is 0. The molecule has 0 aromatic carbocycles. The van der Waals surface area contributed by atoms with Crippen molar-refractivity contribution in [2.45, 2.75) is 301 Å². The molecule has 8 atom stereocenters. The number of nitrogens with one attached hydrogen (secondary N) is 1. The Labute approximate surface area is 463 Å². The predicted octanol–water partition coefficient (Wildman–Crippen LogP) is 14.6. The van der Waals surface area contributed by atoms with E-state index in [0.717, 1.165) is 103 Å². The summed E-state index contributed by atoms with van der Waals surface area (Å²) in [7, 11) is 0. The first-order valence-corrected chi connectivity index (χ1v) is 30.9. The molecule has 0 bridgehead atoms. The predicted molar refractivity (Wildman–Crippen MR) is 315 cm³/mol. The van der Waals surface area contributed by atoms with Crippen molar-refractivity contribution in [2.24, 2.45) is 0 Å². The number of rotatable bonds is 51. The van der Waals surface area contributed by atoms with Crippen LogP contribution >= 0.6 is 0 Å². The molecule has 1 rings (SSSR count). The summed E-state index contributed by atoms with van der Waals surface area (Å²) in [5, 5.41) is 56.9. The maximum atomic E-state index is 13.4. The van der Waals surface area contributed by atoms with Gasteiger partial charge in [-0.05, 0) is 103 Å². The van der Waals surface area contributed by atoms with Crippen molar-refractivity contribution in [1.29, 1.82) is 0 Å². The first-order valence-electron chi connectivity index (χ1n) is 30.9. The van der Waals surface area contributed by atoms with Crippen LogP contribution in [0.3, 0.4) is 0 Å². The van der Waals surface area contributed by atoms with E-state index in [1.165, 1.54) is 103 Å². The second-order valence-electron chi connectivity index (χ2n) is 21.1. The number of allylic oxidation sites excluding steroid dienone is 13. The summed E-state index contributed by atoms with van der Waals surface area (Å²) in [4.78, 5) is 26.5. The molecule has 1 aliphatic heterocycles. The van der Waals surface area contributed by atoms with Gasteiger partial charge in [0, 0.05) is 6.42 Å². The normalized spacial score (nSPS) is 19.7. The molecule has 76 heavy (non-hydrogen) atoms. The highest BCUT2D eigenvalue weighted by Gasteiger charge is 2.47. The Morgan fingerprint density at radius 3 is 1.38 bits per heavy atom. The number of hydrogen-bond acceptors (Lipinski definition) is 10. The molecule has 0 saturated carbocycles. The van der Waals surface area contributed by atoms with Gasteiger partial charge in [0.2, 0.25) is 5.91 Å². The van der Waals surface area contributed by atoms with E-state index in [-0.39, 0.29) is 19.4 Å². The van der Waals surface area contributed by atoms with Crippen LogP contribution in [-0.2, 0) is 23.8 Å². The first-order chi connectivity index (χ1) is 37.2. The Morgan fingerprint density at radius 2 is 0.908 bits per heavy atom. The van der Waals surface area contributed by atoms with E-state index in [1.54, 1.807) is 6.08 Å². The fourth-order valence-electron chi connectivity index (χ4n) is 9.08. The fraction of sp³-hybridized carbons (Fsp3) is 0.754. The molecule has 0 aromatic heterocycles. The molecule has 1 amide bonds. The van der Waals surface area contributed by atoms with Crippen molar-refractivity contribution in [3.8, 4) is 0 Å². The Bertz CT molecular complexity index is 1560. The number of hydrogen-bond donors (Lipinski definition) is 6. The lowest BCUT2D eigenvalue weighted by Crippen LogP contribution is -2.61. The van der Waals surface area contributed by atoms with E-state index in [2.05, 4.69) is 99.0 Å². The minimum Gasteiger partial charge on any atom is -0.454 e. The minimum atomic E-state index is -1.63. The van der Waals surface area contributed by atoms with Gasteiger partial charge in [0.05, 0.1) is 25.4 Å². The number of ether oxygens (including phenoxy) is 3. The van der Waals surface area contributed by atoms with Gasteiger partial charge in [0.25, 0.3) is 0 Å². The van der Waals surface area contributed by atoms with Crippen LogP contribution < -0.4 is 5.32 Å². The van der Waals surface area contributed by atoms with Gasteiger partial charge in [-0.3, -0.25) is 9.59 Å². The quantitative estimate of drug-likeness (QED) is 0.0195. The molecular weight excluding hydrogens is 955 g/mol. The zero-order valence-electron chi connectivity index (χ0n) is 48.3. The third kappa shape index (κ3) is 40.1. The van der Waals surface area contributed by atoms with Crippen LogP contribution in [0.25, 0.3) is 0 Å². The molecule has 0 aliphatic carbocycles. The van der Waals surface area contributed by atoms with Gasteiger partial charge >= 0.3 is 5.97 Å². The van der Waals surface area contributed by atoms with Crippen LogP contribution in [0.15, 0.2) is 85.1 Å². The van der Waals surface area contributed by atoms with Crippen molar-refractivity contribution >= 4 is 11.9 Å². The van der Waals surface area contributed by atoms with Crippen molar-refractivity contribution in [1.82, 2.24) is 5.32 Å². The topological polar surface area (TPSA) is 175 Å². The Kier molecular flexibility index (Phi) is 49.0. The summed E-state index contributed by atoms with van der Waals surface area (Å²) in [6, 6.07) is -1.04. The highest BCUT2D eigenvalue weighted by atomic mass is 16.7. The standard InChI is InChI=1S/C65H113NO10/c1-4-7-10-13-16-19-22-25-27-29-30-31-33-35-38-41-44-47-50-53-60(70)76-63-62(72)61(71)59(54-67)75-65(63)74-55-56(57(68)51-48-45-42-39-36-24-21-18-15-12-9-6-3)66-64(73)58(69)52-49-46-43-40-37-34-32-28-26-23-20-17-14-11-8-5-2/h16-17,19-20,25-28,30-31,35,38,48,51,56-59,61-63,65,67-69,71-72H,4-15,18,21-24,29,32-34,36-37,39-47,49-50,52-55H2,1-3H3,(H,66,73)/b19-16-,20-17-,27-25-,28-26-,31-30-,38-35-,51-48+. The van der Waals surface area contributed by atoms with E-state index in [0.29, 0.717) is 12.8 Å². The number of aliphatic hydroxyl groups excluding tert-OH is 5. The highest BCUT2D eigenvalue weighted by molar-refractivity contribution is 5.80. The largest absolute Gasteiger partial charge is 0.454 e. The summed E-state index contributed by atoms with van der Waals surface area (Å²) in [6.07, 6.45) is 57.5. The Balaban J connectivity index is 2.72. The average Bonchev–Trinajstić information content (AvgIpc) is 3.42. The number of aliphatic hydroxyl groups is 5.